The van der Waals surface area contributed by atoms with Gasteiger partial charge in [0, 0.05) is 5.56 Å². The number of fused-ring (bicyclic) bond motifs is 2. The maximum atomic E-state index is 14.6. The first kappa shape index (κ1) is 24.8. The van der Waals surface area contributed by atoms with Crippen LogP contribution < -0.4 is 9.47 Å². The lowest BCUT2D eigenvalue weighted by molar-refractivity contribution is 0.0273. The average molecular weight is 495 g/mol. The molecule has 0 aliphatic carbocycles. The first-order valence-electron chi connectivity index (χ1n) is 12.6. The highest BCUT2D eigenvalue weighted by molar-refractivity contribution is 6.09. The maximum Gasteiger partial charge on any atom is 0.182 e. The van der Waals surface area contributed by atoms with Crippen LogP contribution in [0.5, 0.6) is 11.5 Å². The fourth-order valence-corrected chi connectivity index (χ4v) is 4.75. The number of hydrogen-bond donors (Lipinski definition) is 0. The number of benzene rings is 4. The van der Waals surface area contributed by atoms with E-state index in [4.69, 9.17) is 18.9 Å². The van der Waals surface area contributed by atoms with E-state index in [9.17, 15) is 4.79 Å². The van der Waals surface area contributed by atoms with Gasteiger partial charge in [0.25, 0.3) is 0 Å². The van der Waals surface area contributed by atoms with Crippen LogP contribution in [0.4, 0.5) is 0 Å². The van der Waals surface area contributed by atoms with Crippen molar-refractivity contribution in [1.82, 2.24) is 0 Å². The lowest BCUT2D eigenvalue weighted by Crippen LogP contribution is -2.38. The number of ketones is 1. The second-order valence-electron chi connectivity index (χ2n) is 8.78. The molecule has 0 atom stereocenters. The third kappa shape index (κ3) is 5.43. The Labute approximate surface area is 217 Å². The number of Topliss-reactive ketones (excluding diaryl/α,β-unsaturated/α-hetero) is 1. The van der Waals surface area contributed by atoms with E-state index in [0.717, 1.165) is 28.2 Å². The van der Waals surface area contributed by atoms with Gasteiger partial charge in [-0.1, -0.05) is 84.9 Å². The van der Waals surface area contributed by atoms with E-state index in [2.05, 4.69) is 0 Å². The maximum absolute atomic E-state index is 14.6. The molecule has 0 amide bonds. The molecule has 0 aromatic heterocycles. The summed E-state index contributed by atoms with van der Waals surface area (Å²) in [7, 11) is 0. The Morgan fingerprint density at radius 2 is 0.892 bits per heavy atom. The standard InChI is InChI=1S/C32H30O5/c33-31(25-7-3-1-4-8-25)32(26-9-5-2-6-10-26)27-11-15-29(16-12-27)36-23-21-34-19-20-35-22-24-37-30-17-13-28(32)14-18-30/h1-18H,19-24H2. The van der Waals surface area contributed by atoms with Crippen LogP contribution in [-0.2, 0) is 14.9 Å². The second kappa shape index (κ2) is 11.9. The van der Waals surface area contributed by atoms with Crippen molar-refractivity contribution in [2.45, 2.75) is 5.41 Å². The smallest absolute Gasteiger partial charge is 0.182 e. The van der Waals surface area contributed by atoms with Gasteiger partial charge in [0.05, 0.1) is 26.4 Å². The second-order valence-corrected chi connectivity index (χ2v) is 8.78. The summed E-state index contributed by atoms with van der Waals surface area (Å²) in [6.45, 7) is 2.78. The summed E-state index contributed by atoms with van der Waals surface area (Å²) < 4.78 is 23.0. The molecule has 5 heteroatoms. The van der Waals surface area contributed by atoms with Gasteiger partial charge in [0.15, 0.2) is 5.78 Å². The van der Waals surface area contributed by atoms with Gasteiger partial charge in [0.1, 0.15) is 30.1 Å². The zero-order valence-electron chi connectivity index (χ0n) is 20.7. The van der Waals surface area contributed by atoms with E-state index in [1.807, 2.05) is 109 Å². The molecule has 5 nitrogen and oxygen atoms in total. The minimum Gasteiger partial charge on any atom is -0.491 e. The normalized spacial score (nSPS) is 16.0. The minimum atomic E-state index is -1.07. The van der Waals surface area contributed by atoms with Crippen molar-refractivity contribution in [1.29, 1.82) is 0 Å². The number of carbonyl (C=O) groups excluding carboxylic acids is 1. The summed E-state index contributed by atoms with van der Waals surface area (Å²) in [5, 5.41) is 0. The van der Waals surface area contributed by atoms with Crippen molar-refractivity contribution in [3.8, 4) is 11.5 Å². The molecule has 0 fully saturated rings. The fraction of sp³-hybridized carbons (Fsp3) is 0.219. The lowest BCUT2D eigenvalue weighted by Gasteiger charge is -2.35. The van der Waals surface area contributed by atoms with Gasteiger partial charge >= 0.3 is 0 Å². The van der Waals surface area contributed by atoms with Crippen LogP contribution in [0.1, 0.15) is 27.0 Å². The van der Waals surface area contributed by atoms with E-state index in [-0.39, 0.29) is 5.78 Å². The van der Waals surface area contributed by atoms with Crippen LogP contribution in [0, 0.1) is 0 Å². The van der Waals surface area contributed by atoms with Gasteiger partial charge in [-0.15, -0.1) is 0 Å². The number of hydrogen-bond acceptors (Lipinski definition) is 5. The molecule has 0 unspecified atom stereocenters. The Morgan fingerprint density at radius 3 is 1.38 bits per heavy atom. The van der Waals surface area contributed by atoms with Gasteiger partial charge in [-0.25, -0.2) is 0 Å². The van der Waals surface area contributed by atoms with Crippen molar-refractivity contribution in [2.24, 2.45) is 0 Å². The largest absolute Gasteiger partial charge is 0.491 e. The summed E-state index contributed by atoms with van der Waals surface area (Å²) >= 11 is 0. The predicted octanol–water partition coefficient (Wildman–Crippen LogP) is 5.71. The van der Waals surface area contributed by atoms with Gasteiger partial charge in [-0.05, 0) is 41.0 Å². The number of rotatable bonds is 3. The summed E-state index contributed by atoms with van der Waals surface area (Å²) in [5.74, 6) is 1.44. The molecule has 37 heavy (non-hydrogen) atoms. The molecule has 3 heterocycles. The zero-order chi connectivity index (χ0) is 25.3. The molecule has 0 saturated heterocycles. The SMILES string of the molecule is O=C(c1ccccc1)C1(c2ccccc2)c2ccc(cc2)OCCOCCOCCOc2ccc1cc2. The molecule has 4 bridgehead atoms. The predicted molar refractivity (Wildman–Crippen MR) is 143 cm³/mol. The summed E-state index contributed by atoms with van der Waals surface area (Å²) in [5.41, 5.74) is 2.17. The van der Waals surface area contributed by atoms with Crippen molar-refractivity contribution in [3.63, 3.8) is 0 Å². The van der Waals surface area contributed by atoms with Crippen LogP contribution in [0.25, 0.3) is 0 Å². The minimum absolute atomic E-state index is 0.00525. The van der Waals surface area contributed by atoms with Crippen LogP contribution >= 0.6 is 0 Å². The van der Waals surface area contributed by atoms with Crippen molar-refractivity contribution >= 4 is 5.78 Å². The Morgan fingerprint density at radius 1 is 0.486 bits per heavy atom. The fourth-order valence-electron chi connectivity index (χ4n) is 4.75. The highest BCUT2D eigenvalue weighted by Gasteiger charge is 2.44. The van der Waals surface area contributed by atoms with E-state index in [1.165, 1.54) is 0 Å². The van der Waals surface area contributed by atoms with E-state index in [1.54, 1.807) is 0 Å². The van der Waals surface area contributed by atoms with Crippen LogP contribution in [0.3, 0.4) is 0 Å². The number of ether oxygens (including phenoxy) is 4. The molecule has 3 aliphatic rings. The Hall–Kier alpha value is -3.93. The first-order valence-corrected chi connectivity index (χ1v) is 12.6. The molecule has 3 aliphatic heterocycles. The summed E-state index contributed by atoms with van der Waals surface area (Å²) in [4.78, 5) is 14.6. The Balaban J connectivity index is 1.67. The van der Waals surface area contributed by atoms with Crippen molar-refractivity contribution in [3.05, 3.63) is 131 Å². The van der Waals surface area contributed by atoms with Crippen LogP contribution in [0.15, 0.2) is 109 Å². The molecule has 7 rings (SSSR count). The monoisotopic (exact) mass is 494 g/mol. The van der Waals surface area contributed by atoms with Gasteiger partial charge < -0.3 is 18.9 Å². The van der Waals surface area contributed by atoms with E-state index >= 15 is 0 Å². The Bertz CT molecular complexity index is 1210. The topological polar surface area (TPSA) is 54.0 Å². The molecular weight excluding hydrogens is 464 g/mol. The molecule has 0 radical (unpaired) electrons. The third-order valence-corrected chi connectivity index (χ3v) is 6.52. The molecule has 4 aromatic carbocycles. The Kier molecular flexibility index (Phi) is 7.94. The molecule has 0 N–H and O–H groups in total. The van der Waals surface area contributed by atoms with Crippen LogP contribution in [0.2, 0.25) is 0 Å². The highest BCUT2D eigenvalue weighted by Crippen LogP contribution is 2.43. The molecule has 0 saturated carbocycles. The quantitative estimate of drug-likeness (QED) is 0.342. The molecular formula is C32H30O5. The van der Waals surface area contributed by atoms with Gasteiger partial charge in [-0.3, -0.25) is 4.79 Å². The van der Waals surface area contributed by atoms with E-state index in [0.29, 0.717) is 45.2 Å². The number of carbonyl (C=O) groups is 1. The zero-order valence-corrected chi connectivity index (χ0v) is 20.7. The summed E-state index contributed by atoms with van der Waals surface area (Å²) in [6, 6.07) is 35.0. The molecule has 188 valence electrons. The first-order chi connectivity index (χ1) is 18.3. The lowest BCUT2D eigenvalue weighted by atomic mass is 9.65. The molecule has 4 aromatic rings. The average Bonchev–Trinajstić information content (AvgIpc) is 2.96. The van der Waals surface area contributed by atoms with Gasteiger partial charge in [-0.2, -0.15) is 0 Å². The summed E-state index contributed by atoms with van der Waals surface area (Å²) in [6.07, 6.45) is 0. The van der Waals surface area contributed by atoms with E-state index < -0.39 is 5.41 Å². The van der Waals surface area contributed by atoms with Crippen molar-refractivity contribution in [2.75, 3.05) is 39.6 Å². The van der Waals surface area contributed by atoms with Crippen LogP contribution in [-0.4, -0.2) is 45.4 Å². The highest BCUT2D eigenvalue weighted by atomic mass is 16.6. The molecule has 0 spiro atoms. The van der Waals surface area contributed by atoms with Gasteiger partial charge in [0.2, 0.25) is 0 Å². The third-order valence-electron chi connectivity index (χ3n) is 6.52. The van der Waals surface area contributed by atoms with Crippen molar-refractivity contribution < 1.29 is 23.7 Å².